The number of benzene rings is 3. The van der Waals surface area contributed by atoms with Crippen molar-refractivity contribution in [3.05, 3.63) is 121 Å². The van der Waals surface area contributed by atoms with Crippen LogP contribution in [-0.2, 0) is 29.8 Å². The number of likely N-dealkylation sites (tertiary alicyclic amines) is 1. The first-order chi connectivity index (χ1) is 26.4. The molecule has 0 radical (unpaired) electrons. The molecule has 284 valence electrons. The highest BCUT2D eigenvalue weighted by atomic mass is 79.9. The third-order valence-corrected chi connectivity index (χ3v) is 11.1. The molecule has 3 aliphatic heterocycles. The number of rotatable bonds is 10. The average molecular weight is 811 g/mol. The maximum absolute atomic E-state index is 13.4. The third kappa shape index (κ3) is 7.80. The molecular formula is C40H40BrN7O7. The maximum atomic E-state index is 13.4. The molecule has 7 rings (SSSR count). The lowest BCUT2D eigenvalue weighted by molar-refractivity contribution is -0.136. The van der Waals surface area contributed by atoms with Crippen LogP contribution < -0.4 is 20.9 Å². The molecule has 5 amide bonds. The van der Waals surface area contributed by atoms with Gasteiger partial charge in [-0.05, 0) is 82.7 Å². The van der Waals surface area contributed by atoms with Crippen LogP contribution in [-0.4, -0.2) is 93.3 Å². The van der Waals surface area contributed by atoms with Gasteiger partial charge in [-0.1, -0.05) is 42.5 Å². The molecule has 55 heavy (non-hydrogen) atoms. The lowest BCUT2D eigenvalue weighted by Gasteiger charge is -2.37. The van der Waals surface area contributed by atoms with Crippen LogP contribution in [0.25, 0.3) is 0 Å². The van der Waals surface area contributed by atoms with Crippen molar-refractivity contribution in [2.75, 3.05) is 32.5 Å². The highest BCUT2D eigenvalue weighted by Crippen LogP contribution is 2.34. The van der Waals surface area contributed by atoms with Crippen LogP contribution in [0.2, 0.25) is 0 Å². The van der Waals surface area contributed by atoms with Crippen LogP contribution in [0.4, 0.5) is 5.69 Å². The Bertz CT molecular complexity index is 2240. The topological polar surface area (TPSA) is 163 Å². The summed E-state index contributed by atoms with van der Waals surface area (Å²) in [6.45, 7) is 2.19. The van der Waals surface area contributed by atoms with E-state index in [0.29, 0.717) is 22.3 Å². The van der Waals surface area contributed by atoms with Gasteiger partial charge in [0, 0.05) is 51.8 Å². The summed E-state index contributed by atoms with van der Waals surface area (Å²) in [5.41, 5.74) is 4.17. The fraction of sp³-hybridized carbons (Fsp3) is 0.325. The molecular weight excluding hydrogens is 770 g/mol. The Labute approximate surface area is 325 Å². The van der Waals surface area contributed by atoms with Gasteiger partial charge in [0.25, 0.3) is 23.3 Å². The molecule has 15 heteroatoms. The van der Waals surface area contributed by atoms with Crippen molar-refractivity contribution < 1.29 is 28.7 Å². The van der Waals surface area contributed by atoms with E-state index in [1.807, 2.05) is 48.5 Å². The summed E-state index contributed by atoms with van der Waals surface area (Å²) >= 11 is 3.40. The fourth-order valence-electron chi connectivity index (χ4n) is 7.47. The number of ether oxygens (including phenoxy) is 1. The second kappa shape index (κ2) is 15.6. The van der Waals surface area contributed by atoms with Crippen molar-refractivity contribution >= 4 is 51.2 Å². The second-order valence-corrected chi connectivity index (χ2v) is 15.1. The Morgan fingerprint density at radius 2 is 1.69 bits per heavy atom. The Hall–Kier alpha value is -5.67. The number of halogens is 1. The van der Waals surface area contributed by atoms with Crippen molar-refractivity contribution in [3.63, 3.8) is 0 Å². The van der Waals surface area contributed by atoms with Crippen LogP contribution in [0.5, 0.6) is 5.75 Å². The van der Waals surface area contributed by atoms with Gasteiger partial charge < -0.3 is 19.9 Å². The van der Waals surface area contributed by atoms with Crippen LogP contribution in [0.1, 0.15) is 72.9 Å². The predicted octanol–water partition coefficient (Wildman–Crippen LogP) is 3.70. The Morgan fingerprint density at radius 1 is 0.964 bits per heavy atom. The molecule has 4 aromatic rings. The summed E-state index contributed by atoms with van der Waals surface area (Å²) in [5, 5.41) is 9.83. The molecule has 0 aliphatic carbocycles. The van der Waals surface area contributed by atoms with E-state index < -0.39 is 29.7 Å². The van der Waals surface area contributed by atoms with Crippen molar-refractivity contribution in [2.45, 2.75) is 50.4 Å². The monoisotopic (exact) mass is 809 g/mol. The van der Waals surface area contributed by atoms with Crippen molar-refractivity contribution in [3.8, 4) is 5.75 Å². The number of carbonyl (C=O) groups excluding carboxylic acids is 5. The zero-order chi connectivity index (χ0) is 39.0. The van der Waals surface area contributed by atoms with E-state index in [9.17, 15) is 28.8 Å². The third-order valence-electron chi connectivity index (χ3n) is 10.3. The molecule has 1 unspecified atom stereocenters. The van der Waals surface area contributed by atoms with Gasteiger partial charge in [-0.15, -0.1) is 0 Å². The van der Waals surface area contributed by atoms with Gasteiger partial charge in [0.15, 0.2) is 0 Å². The van der Waals surface area contributed by atoms with E-state index in [4.69, 9.17) is 4.74 Å². The molecule has 0 saturated carbocycles. The normalized spacial score (nSPS) is 19.9. The van der Waals surface area contributed by atoms with Crippen molar-refractivity contribution in [1.82, 2.24) is 29.8 Å². The molecule has 2 fully saturated rings. The Balaban J connectivity index is 0.936. The number of aromatic nitrogens is 2. The molecule has 0 bridgehead atoms. The molecule has 0 spiro atoms. The lowest BCUT2D eigenvalue weighted by atomic mass is 9.87. The van der Waals surface area contributed by atoms with Gasteiger partial charge in [-0.25, -0.2) is 4.68 Å². The smallest absolute Gasteiger partial charge is 0.282 e. The molecule has 14 nitrogen and oxygen atoms in total. The van der Waals surface area contributed by atoms with E-state index in [0.717, 1.165) is 41.1 Å². The summed E-state index contributed by atoms with van der Waals surface area (Å²) in [4.78, 5) is 81.2. The summed E-state index contributed by atoms with van der Waals surface area (Å²) < 4.78 is 7.76. The first-order valence-electron chi connectivity index (χ1n) is 18.0. The molecule has 2 saturated heterocycles. The zero-order valence-corrected chi connectivity index (χ0v) is 32.2. The van der Waals surface area contributed by atoms with E-state index >= 15 is 0 Å². The van der Waals surface area contributed by atoms with Crippen LogP contribution in [0.3, 0.4) is 0 Å². The number of hydrogen-bond donors (Lipinski definition) is 2. The summed E-state index contributed by atoms with van der Waals surface area (Å²) in [7, 11) is 5.45. The van der Waals surface area contributed by atoms with Crippen molar-refractivity contribution in [2.24, 2.45) is 7.05 Å². The molecule has 3 aliphatic rings. The summed E-state index contributed by atoms with van der Waals surface area (Å²) in [5.74, 6) is -1.97. The second-order valence-electron chi connectivity index (χ2n) is 14.3. The zero-order valence-electron chi connectivity index (χ0n) is 30.6. The van der Waals surface area contributed by atoms with Crippen LogP contribution in [0, 0.1) is 0 Å². The van der Waals surface area contributed by atoms with E-state index in [1.165, 1.54) is 10.7 Å². The van der Waals surface area contributed by atoms with Gasteiger partial charge in [0.1, 0.15) is 22.9 Å². The summed E-state index contributed by atoms with van der Waals surface area (Å²) in [6.07, 6.45) is 2.62. The van der Waals surface area contributed by atoms with E-state index in [-0.39, 0.29) is 59.8 Å². The minimum absolute atomic E-state index is 0.0394. The molecule has 1 aromatic heterocycles. The maximum Gasteiger partial charge on any atom is 0.282 e. The first-order valence-corrected chi connectivity index (χ1v) is 18.7. The number of carbonyl (C=O) groups is 5. The predicted molar refractivity (Wildman–Crippen MR) is 206 cm³/mol. The van der Waals surface area contributed by atoms with E-state index in [2.05, 4.69) is 43.6 Å². The Kier molecular flexibility index (Phi) is 10.7. The van der Waals surface area contributed by atoms with Gasteiger partial charge in [0.2, 0.25) is 11.8 Å². The van der Waals surface area contributed by atoms with Gasteiger partial charge in [-0.2, -0.15) is 5.10 Å². The molecule has 3 atom stereocenters. The molecule has 3 aromatic carbocycles. The average Bonchev–Trinajstić information content (AvgIpc) is 3.43. The number of hydrogen-bond acceptors (Lipinski definition) is 10. The number of aryl methyl sites for hydroxylation is 1. The lowest BCUT2D eigenvalue weighted by Crippen LogP contribution is -2.54. The number of fused-ring (bicyclic) bond motifs is 1. The van der Waals surface area contributed by atoms with Crippen molar-refractivity contribution in [1.29, 1.82) is 0 Å². The van der Waals surface area contributed by atoms with Gasteiger partial charge in [0.05, 0.1) is 23.0 Å². The highest BCUT2D eigenvalue weighted by molar-refractivity contribution is 9.10. The fourth-order valence-corrected chi connectivity index (χ4v) is 7.94. The number of amides is 5. The minimum atomic E-state index is -1.06. The number of imide groups is 2. The largest absolute Gasteiger partial charge is 0.488 e. The molecule has 2 N–H and O–H groups in total. The van der Waals surface area contributed by atoms with Crippen LogP contribution in [0.15, 0.2) is 82.2 Å². The summed E-state index contributed by atoms with van der Waals surface area (Å²) in [6, 6.07) is 19.1. The molecule has 4 heterocycles. The van der Waals surface area contributed by atoms with Crippen LogP contribution >= 0.6 is 15.9 Å². The van der Waals surface area contributed by atoms with E-state index in [1.54, 1.807) is 37.3 Å². The van der Waals surface area contributed by atoms with Gasteiger partial charge in [-0.3, -0.25) is 39.0 Å². The number of piperidine rings is 2. The standard InChI is InChI=1S/C40H40BrN7O7/c1-45-20-27(17-28(21-45)43-30-18-42-47(3)40(54)35(30)41)25-11-13-26(14-12-25)37(51)46(2)19-23-7-9-24(10-8-23)22-55-32-6-4-5-29-34(32)39(53)48(38(29)52)31-15-16-33(49)44-36(31)50/h4-14,18,27-28,31,43H,15-17,19-22H2,1-3H3,(H,44,49,50)/t27-,28+,31?/m0/s1. The quantitative estimate of drug-likeness (QED) is 0.226. The minimum Gasteiger partial charge on any atom is -0.488 e. The number of likely N-dealkylation sites (N-methyl/N-ethyl adjacent to an activating group) is 1. The number of nitrogens with one attached hydrogen (secondary N) is 2. The first kappa shape index (κ1) is 37.6. The SMILES string of the molecule is CN1C[C@H](Nc2cnn(C)c(=O)c2Br)C[C@H](c2ccc(C(=O)N(C)Cc3ccc(COc4cccc5c4C(=O)N(C4CCC(=O)NC4=O)C5=O)cc3)cc2)C1. The Morgan fingerprint density at radius 3 is 2.42 bits per heavy atom. The van der Waals surface area contributed by atoms with Gasteiger partial charge >= 0.3 is 0 Å². The number of nitrogens with zero attached hydrogens (tertiary/aromatic N) is 5. The highest BCUT2D eigenvalue weighted by Gasteiger charge is 2.46. The number of anilines is 1.